The minimum absolute atomic E-state index is 0.0264. The van der Waals surface area contributed by atoms with Crippen LogP contribution in [0.25, 0.3) is 0 Å². The molecule has 0 aromatic heterocycles. The maximum Gasteiger partial charge on any atom is 0.331 e. The van der Waals surface area contributed by atoms with Crippen LogP contribution in [0.15, 0.2) is 30.3 Å². The summed E-state index contributed by atoms with van der Waals surface area (Å²) in [6.07, 6.45) is 0.421. The van der Waals surface area contributed by atoms with Crippen molar-refractivity contribution in [3.8, 4) is 0 Å². The lowest BCUT2D eigenvalue weighted by Gasteiger charge is -2.32. The Morgan fingerprint density at radius 3 is 2.21 bits per heavy atom. The molecular formula is C14H15NO4. The molecule has 2 amide bonds. The number of benzene rings is 1. The van der Waals surface area contributed by atoms with Gasteiger partial charge in [0.1, 0.15) is 0 Å². The van der Waals surface area contributed by atoms with Gasteiger partial charge in [0, 0.05) is 12.8 Å². The van der Waals surface area contributed by atoms with Crippen molar-refractivity contribution in [3.05, 3.63) is 35.9 Å². The molecule has 1 fully saturated rings. The van der Waals surface area contributed by atoms with Gasteiger partial charge in [-0.25, -0.2) is 4.79 Å². The number of imide groups is 1. The van der Waals surface area contributed by atoms with E-state index in [9.17, 15) is 19.5 Å². The maximum absolute atomic E-state index is 12.0. The van der Waals surface area contributed by atoms with E-state index in [1.54, 1.807) is 30.3 Å². The number of rotatable bonds is 3. The quantitative estimate of drug-likeness (QED) is 0.838. The largest absolute Gasteiger partial charge is 0.479 e. The summed E-state index contributed by atoms with van der Waals surface area (Å²) in [4.78, 5) is 36.3. The Hall–Kier alpha value is -2.17. The Morgan fingerprint density at radius 2 is 1.74 bits per heavy atom. The smallest absolute Gasteiger partial charge is 0.331 e. The fourth-order valence-electron chi connectivity index (χ4n) is 2.33. The van der Waals surface area contributed by atoms with E-state index in [-0.39, 0.29) is 18.8 Å². The van der Waals surface area contributed by atoms with Crippen LogP contribution in [0.4, 0.5) is 0 Å². The Labute approximate surface area is 110 Å². The third kappa shape index (κ3) is 2.65. The van der Waals surface area contributed by atoms with Crippen LogP contribution in [-0.4, -0.2) is 27.8 Å². The predicted molar refractivity (Wildman–Crippen MR) is 67.1 cm³/mol. The van der Waals surface area contributed by atoms with Gasteiger partial charge in [0.15, 0.2) is 6.04 Å². The van der Waals surface area contributed by atoms with Gasteiger partial charge in [-0.15, -0.1) is 0 Å². The number of carbonyl (C=O) groups is 3. The standard InChI is InChI=1S/C14H15NO4/c1-9-7-11(16)15(12(17)8-9)13(14(18)19)10-5-3-2-4-6-10/h2-6,9,13H,7-8H2,1H3,(H,18,19). The second kappa shape index (κ2) is 5.22. The number of hydrogen-bond donors (Lipinski definition) is 1. The molecule has 2 rings (SSSR count). The number of hydrogen-bond acceptors (Lipinski definition) is 3. The molecule has 0 aliphatic carbocycles. The second-order valence-corrected chi connectivity index (χ2v) is 4.82. The van der Waals surface area contributed by atoms with Gasteiger partial charge >= 0.3 is 5.97 Å². The molecule has 1 aliphatic heterocycles. The lowest BCUT2D eigenvalue weighted by molar-refractivity contribution is -0.162. The van der Waals surface area contributed by atoms with E-state index in [2.05, 4.69) is 0 Å². The van der Waals surface area contributed by atoms with Crippen LogP contribution in [0.1, 0.15) is 31.4 Å². The molecule has 1 aliphatic rings. The van der Waals surface area contributed by atoms with Crippen molar-refractivity contribution in [2.75, 3.05) is 0 Å². The molecule has 100 valence electrons. The molecule has 1 aromatic carbocycles. The third-order valence-electron chi connectivity index (χ3n) is 3.19. The van der Waals surface area contributed by atoms with Crippen LogP contribution < -0.4 is 0 Å². The Bertz CT molecular complexity index is 493. The number of aliphatic carboxylic acids is 1. The zero-order chi connectivity index (χ0) is 14.0. The average molecular weight is 261 g/mol. The van der Waals surface area contributed by atoms with E-state index in [0.717, 1.165) is 4.90 Å². The van der Waals surface area contributed by atoms with Crippen molar-refractivity contribution in [2.45, 2.75) is 25.8 Å². The van der Waals surface area contributed by atoms with Gasteiger partial charge in [0.25, 0.3) is 0 Å². The van der Waals surface area contributed by atoms with Crippen molar-refractivity contribution in [1.82, 2.24) is 4.90 Å². The lowest BCUT2D eigenvalue weighted by Crippen LogP contribution is -2.47. The predicted octanol–water partition coefficient (Wildman–Crippen LogP) is 1.60. The highest BCUT2D eigenvalue weighted by Crippen LogP contribution is 2.28. The maximum atomic E-state index is 12.0. The lowest BCUT2D eigenvalue weighted by atomic mass is 9.94. The van der Waals surface area contributed by atoms with Crippen molar-refractivity contribution in [3.63, 3.8) is 0 Å². The summed E-state index contributed by atoms with van der Waals surface area (Å²) in [5.74, 6) is -2.05. The first-order chi connectivity index (χ1) is 9.00. The van der Waals surface area contributed by atoms with Crippen LogP contribution in [0.3, 0.4) is 0 Å². The van der Waals surface area contributed by atoms with E-state index in [0.29, 0.717) is 5.56 Å². The van der Waals surface area contributed by atoms with E-state index in [1.807, 2.05) is 6.92 Å². The molecule has 1 atom stereocenters. The van der Waals surface area contributed by atoms with Gasteiger partial charge < -0.3 is 5.11 Å². The Kier molecular flexibility index (Phi) is 3.64. The zero-order valence-electron chi connectivity index (χ0n) is 10.6. The van der Waals surface area contributed by atoms with Gasteiger partial charge in [0.05, 0.1) is 0 Å². The summed E-state index contributed by atoms with van der Waals surface area (Å²) in [6, 6.07) is 7.12. The van der Waals surface area contributed by atoms with E-state index in [4.69, 9.17) is 0 Å². The van der Waals surface area contributed by atoms with Crippen LogP contribution in [0.5, 0.6) is 0 Å². The minimum Gasteiger partial charge on any atom is -0.479 e. The summed E-state index contributed by atoms with van der Waals surface area (Å²) in [6.45, 7) is 1.81. The molecule has 5 heteroatoms. The highest BCUT2D eigenvalue weighted by atomic mass is 16.4. The molecule has 1 unspecified atom stereocenters. The van der Waals surface area contributed by atoms with Crippen LogP contribution in [0.2, 0.25) is 0 Å². The van der Waals surface area contributed by atoms with Gasteiger partial charge in [-0.3, -0.25) is 14.5 Å². The number of amides is 2. The van der Waals surface area contributed by atoms with Gasteiger partial charge in [-0.1, -0.05) is 37.3 Å². The third-order valence-corrected chi connectivity index (χ3v) is 3.19. The van der Waals surface area contributed by atoms with Crippen molar-refractivity contribution in [2.24, 2.45) is 5.92 Å². The Balaban J connectivity index is 2.37. The molecule has 0 saturated carbocycles. The SMILES string of the molecule is CC1CC(=O)N(C(C(=O)O)c2ccccc2)C(=O)C1. The topological polar surface area (TPSA) is 74.7 Å². The highest BCUT2D eigenvalue weighted by Gasteiger charge is 2.39. The number of carboxylic acids is 1. The molecule has 1 aromatic rings. The van der Waals surface area contributed by atoms with E-state index < -0.39 is 23.8 Å². The van der Waals surface area contributed by atoms with Crippen LogP contribution in [0, 0.1) is 5.92 Å². The number of carbonyl (C=O) groups excluding carboxylic acids is 2. The van der Waals surface area contributed by atoms with Crippen molar-refractivity contribution in [1.29, 1.82) is 0 Å². The zero-order valence-corrected chi connectivity index (χ0v) is 10.6. The number of piperidine rings is 1. The van der Waals surface area contributed by atoms with Gasteiger partial charge in [-0.05, 0) is 11.5 Å². The average Bonchev–Trinajstić information content (AvgIpc) is 2.34. The van der Waals surface area contributed by atoms with Gasteiger partial charge in [0.2, 0.25) is 11.8 Å². The second-order valence-electron chi connectivity index (χ2n) is 4.82. The summed E-state index contributed by atoms with van der Waals surface area (Å²) < 4.78 is 0. The molecule has 0 radical (unpaired) electrons. The molecule has 1 heterocycles. The van der Waals surface area contributed by atoms with E-state index in [1.165, 1.54) is 0 Å². The molecule has 19 heavy (non-hydrogen) atoms. The first-order valence-electron chi connectivity index (χ1n) is 6.13. The monoisotopic (exact) mass is 261 g/mol. The van der Waals surface area contributed by atoms with Crippen LogP contribution in [-0.2, 0) is 14.4 Å². The Morgan fingerprint density at radius 1 is 1.21 bits per heavy atom. The number of likely N-dealkylation sites (tertiary alicyclic amines) is 1. The van der Waals surface area contributed by atoms with Crippen LogP contribution >= 0.6 is 0 Å². The normalized spacial score (nSPS) is 18.5. The number of carboxylic acid groups (broad SMARTS) is 1. The fraction of sp³-hybridized carbons (Fsp3) is 0.357. The van der Waals surface area contributed by atoms with Gasteiger partial charge in [-0.2, -0.15) is 0 Å². The summed E-state index contributed by atoms with van der Waals surface area (Å²) in [5, 5.41) is 9.33. The van der Waals surface area contributed by atoms with Crippen molar-refractivity contribution >= 4 is 17.8 Å². The molecule has 1 saturated heterocycles. The number of nitrogens with zero attached hydrogens (tertiary/aromatic N) is 1. The first-order valence-corrected chi connectivity index (χ1v) is 6.13. The summed E-state index contributed by atoms with van der Waals surface area (Å²) in [7, 11) is 0. The molecule has 0 spiro atoms. The molecule has 0 bridgehead atoms. The van der Waals surface area contributed by atoms with E-state index >= 15 is 0 Å². The summed E-state index contributed by atoms with van der Waals surface area (Å²) >= 11 is 0. The fourth-order valence-corrected chi connectivity index (χ4v) is 2.33. The minimum atomic E-state index is -1.23. The molecular weight excluding hydrogens is 246 g/mol. The highest BCUT2D eigenvalue weighted by molar-refractivity contribution is 6.01. The van der Waals surface area contributed by atoms with Crippen molar-refractivity contribution < 1.29 is 19.5 Å². The first kappa shape index (κ1) is 13.3. The molecule has 1 N–H and O–H groups in total. The molecule has 5 nitrogen and oxygen atoms in total. The summed E-state index contributed by atoms with van der Waals surface area (Å²) in [5.41, 5.74) is 0.436.